The van der Waals surface area contributed by atoms with Crippen molar-refractivity contribution in [1.29, 1.82) is 0 Å². The molecule has 0 radical (unpaired) electrons. The van der Waals surface area contributed by atoms with E-state index in [0.29, 0.717) is 29.9 Å². The van der Waals surface area contributed by atoms with Gasteiger partial charge < -0.3 is 20.8 Å². The zero-order chi connectivity index (χ0) is 21.8. The third kappa shape index (κ3) is 4.77. The fourth-order valence-electron chi connectivity index (χ4n) is 3.86. The van der Waals surface area contributed by atoms with Crippen LogP contribution in [0.15, 0.2) is 24.4 Å². The number of fused-ring (bicyclic) bond motifs is 1. The molecule has 4 rings (SSSR count). The van der Waals surface area contributed by atoms with Gasteiger partial charge >= 0.3 is 6.01 Å². The van der Waals surface area contributed by atoms with Crippen molar-refractivity contribution in [2.45, 2.75) is 45.7 Å². The van der Waals surface area contributed by atoms with E-state index in [1.54, 1.807) is 10.6 Å². The zero-order valence-corrected chi connectivity index (χ0v) is 17.9. The minimum atomic E-state index is -0.551. The Balaban J connectivity index is 1.61. The Morgan fingerprint density at radius 1 is 1.19 bits per heavy atom. The number of rotatable bonds is 9. The number of pyridine rings is 1. The monoisotopic (exact) mass is 423 g/mol. The number of unbranched alkanes of at least 4 members (excludes halogenated alkanes) is 1. The van der Waals surface area contributed by atoms with Crippen LogP contribution >= 0.6 is 0 Å². The molecule has 0 unspecified atom stereocenters. The van der Waals surface area contributed by atoms with Gasteiger partial charge in [0.15, 0.2) is 0 Å². The summed E-state index contributed by atoms with van der Waals surface area (Å²) in [6.45, 7) is 6.10. The second kappa shape index (κ2) is 9.30. The molecule has 0 aromatic carbocycles. The van der Waals surface area contributed by atoms with Crippen LogP contribution in [0.1, 0.15) is 54.4 Å². The second-order valence-electron chi connectivity index (χ2n) is 7.95. The maximum absolute atomic E-state index is 12.1. The van der Waals surface area contributed by atoms with Gasteiger partial charge in [-0.1, -0.05) is 19.4 Å². The van der Waals surface area contributed by atoms with Crippen LogP contribution in [0.4, 0.5) is 5.82 Å². The molecule has 0 aliphatic carbocycles. The van der Waals surface area contributed by atoms with Crippen molar-refractivity contribution < 1.29 is 9.53 Å². The third-order valence-corrected chi connectivity index (χ3v) is 5.55. The van der Waals surface area contributed by atoms with E-state index < -0.39 is 5.91 Å². The van der Waals surface area contributed by atoms with Crippen molar-refractivity contribution in [3.05, 3.63) is 41.3 Å². The number of carbonyl (C=O) groups is 1. The number of nitrogens with zero attached hydrogens (tertiary/aromatic N) is 5. The molecule has 31 heavy (non-hydrogen) atoms. The molecule has 1 fully saturated rings. The quantitative estimate of drug-likeness (QED) is 0.506. The van der Waals surface area contributed by atoms with Gasteiger partial charge in [-0.25, -0.2) is 0 Å². The van der Waals surface area contributed by atoms with Crippen LogP contribution in [0, 0.1) is 0 Å². The number of primary amides is 1. The van der Waals surface area contributed by atoms with Crippen molar-refractivity contribution in [2.24, 2.45) is 5.73 Å². The number of nitrogen functional groups attached to an aromatic ring is 1. The van der Waals surface area contributed by atoms with Crippen LogP contribution in [-0.4, -0.2) is 50.0 Å². The summed E-state index contributed by atoms with van der Waals surface area (Å²) in [5.41, 5.74) is 14.6. The van der Waals surface area contributed by atoms with Crippen molar-refractivity contribution in [3.8, 4) is 6.01 Å². The Bertz CT molecular complexity index is 1060. The highest BCUT2D eigenvalue weighted by atomic mass is 16.5. The van der Waals surface area contributed by atoms with Gasteiger partial charge in [0.1, 0.15) is 17.2 Å². The summed E-state index contributed by atoms with van der Waals surface area (Å²) in [6, 6.07) is 5.90. The van der Waals surface area contributed by atoms with E-state index in [1.807, 2.05) is 18.3 Å². The maximum Gasteiger partial charge on any atom is 0.320 e. The lowest BCUT2D eigenvalue weighted by atomic mass is 10.2. The van der Waals surface area contributed by atoms with Gasteiger partial charge in [-0.05, 0) is 50.0 Å². The summed E-state index contributed by atoms with van der Waals surface area (Å²) < 4.78 is 7.39. The number of amides is 1. The second-order valence-corrected chi connectivity index (χ2v) is 7.95. The molecule has 0 bridgehead atoms. The van der Waals surface area contributed by atoms with E-state index in [2.05, 4.69) is 26.8 Å². The van der Waals surface area contributed by atoms with E-state index in [4.69, 9.17) is 16.2 Å². The molecule has 0 spiro atoms. The minimum absolute atomic E-state index is 0.202. The molecule has 4 N–H and O–H groups in total. The zero-order valence-electron chi connectivity index (χ0n) is 17.9. The van der Waals surface area contributed by atoms with Crippen molar-refractivity contribution in [1.82, 2.24) is 24.4 Å². The van der Waals surface area contributed by atoms with Crippen LogP contribution in [0.5, 0.6) is 6.01 Å². The summed E-state index contributed by atoms with van der Waals surface area (Å²) in [4.78, 5) is 27.8. The Hall–Kier alpha value is -3.20. The number of hydrogen-bond acceptors (Lipinski definition) is 7. The Morgan fingerprint density at radius 2 is 2.00 bits per heavy atom. The maximum atomic E-state index is 12.1. The molecule has 164 valence electrons. The smallest absolute Gasteiger partial charge is 0.320 e. The average Bonchev–Trinajstić information content (AvgIpc) is 3.38. The molecule has 4 heterocycles. The van der Waals surface area contributed by atoms with Crippen LogP contribution in [0.25, 0.3) is 11.0 Å². The van der Waals surface area contributed by atoms with Gasteiger partial charge in [0.2, 0.25) is 0 Å². The van der Waals surface area contributed by atoms with E-state index in [1.165, 1.54) is 12.8 Å². The summed E-state index contributed by atoms with van der Waals surface area (Å²) >= 11 is 0. The largest absolute Gasteiger partial charge is 0.463 e. The first-order valence-corrected chi connectivity index (χ1v) is 10.8. The Kier molecular flexibility index (Phi) is 6.31. The molecule has 9 nitrogen and oxygen atoms in total. The highest BCUT2D eigenvalue weighted by Gasteiger charge is 2.19. The van der Waals surface area contributed by atoms with Crippen molar-refractivity contribution in [2.75, 3.05) is 25.4 Å². The summed E-state index contributed by atoms with van der Waals surface area (Å²) in [5.74, 6) is -0.290. The summed E-state index contributed by atoms with van der Waals surface area (Å²) in [6.07, 6.45) is 6.24. The molecule has 9 heteroatoms. The summed E-state index contributed by atoms with van der Waals surface area (Å²) in [5, 5.41) is 0.579. The number of nitrogens with two attached hydrogens (primary N) is 2. The van der Waals surface area contributed by atoms with Gasteiger partial charge in [-0.3, -0.25) is 14.7 Å². The highest BCUT2D eigenvalue weighted by molar-refractivity contribution is 5.99. The summed E-state index contributed by atoms with van der Waals surface area (Å²) in [7, 11) is 0. The third-order valence-electron chi connectivity index (χ3n) is 5.55. The molecule has 1 saturated heterocycles. The lowest BCUT2D eigenvalue weighted by Crippen LogP contribution is -2.19. The van der Waals surface area contributed by atoms with Crippen molar-refractivity contribution in [3.63, 3.8) is 0 Å². The number of carbonyl (C=O) groups excluding carboxylic acids is 1. The lowest BCUT2D eigenvalue weighted by molar-refractivity contribution is 0.0992. The average molecular weight is 424 g/mol. The van der Waals surface area contributed by atoms with Gasteiger partial charge in [0.05, 0.1) is 24.2 Å². The van der Waals surface area contributed by atoms with Gasteiger partial charge in [0.25, 0.3) is 5.91 Å². The van der Waals surface area contributed by atoms with Crippen LogP contribution in [0.2, 0.25) is 0 Å². The first kappa shape index (κ1) is 21.0. The number of aromatic nitrogens is 4. The van der Waals surface area contributed by atoms with E-state index in [0.717, 1.165) is 43.7 Å². The first-order chi connectivity index (χ1) is 15.0. The standard InChI is InChI=1S/C22H29N7O2/c1-2-3-10-31-22-26-19(23)17-11-18(20(24)30)29(21(17)27-22)13-15-6-7-16(25-12-15)14-28-8-4-5-9-28/h6-7,11-12H,2-5,8-10,13-14H2,1H3,(H2,24,30)(H2,23,26,27). The normalized spacial score (nSPS) is 14.4. The van der Waals surface area contributed by atoms with Crippen molar-refractivity contribution >= 4 is 22.8 Å². The van der Waals surface area contributed by atoms with E-state index in [9.17, 15) is 4.79 Å². The highest BCUT2D eigenvalue weighted by Crippen LogP contribution is 2.26. The molecule has 1 aliphatic heterocycles. The molecular formula is C22H29N7O2. The fourth-order valence-corrected chi connectivity index (χ4v) is 3.86. The molecule has 3 aromatic rings. The Labute approximate surface area is 181 Å². The molecule has 0 atom stereocenters. The van der Waals surface area contributed by atoms with Crippen LogP contribution < -0.4 is 16.2 Å². The predicted molar refractivity (Wildman–Crippen MR) is 119 cm³/mol. The number of likely N-dealkylation sites (tertiary alicyclic amines) is 1. The molecule has 3 aromatic heterocycles. The topological polar surface area (TPSA) is 125 Å². The molecule has 0 saturated carbocycles. The van der Waals surface area contributed by atoms with E-state index in [-0.39, 0.29) is 11.8 Å². The fraction of sp³-hybridized carbons (Fsp3) is 0.455. The predicted octanol–water partition coefficient (Wildman–Crippen LogP) is 2.33. The van der Waals surface area contributed by atoms with Gasteiger partial charge in [0, 0.05) is 12.7 Å². The SMILES string of the molecule is CCCCOc1nc(N)c2cc(C(N)=O)n(Cc3ccc(CN4CCCC4)nc3)c2n1. The van der Waals surface area contributed by atoms with Crippen LogP contribution in [-0.2, 0) is 13.1 Å². The lowest BCUT2D eigenvalue weighted by Gasteiger charge is -2.14. The first-order valence-electron chi connectivity index (χ1n) is 10.8. The van der Waals surface area contributed by atoms with Crippen LogP contribution in [0.3, 0.4) is 0 Å². The molecular weight excluding hydrogens is 394 g/mol. The molecule has 1 amide bonds. The molecule has 1 aliphatic rings. The van der Waals surface area contributed by atoms with Gasteiger partial charge in [-0.15, -0.1) is 0 Å². The van der Waals surface area contributed by atoms with E-state index >= 15 is 0 Å². The van der Waals surface area contributed by atoms with Gasteiger partial charge in [-0.2, -0.15) is 9.97 Å². The number of hydrogen-bond donors (Lipinski definition) is 2. The number of ether oxygens (including phenoxy) is 1. The number of anilines is 1. The Morgan fingerprint density at radius 3 is 2.68 bits per heavy atom. The minimum Gasteiger partial charge on any atom is -0.463 e.